The van der Waals surface area contributed by atoms with Crippen molar-refractivity contribution in [3.05, 3.63) is 58.1 Å². The van der Waals surface area contributed by atoms with Gasteiger partial charge < -0.3 is 10.4 Å². The van der Waals surface area contributed by atoms with Crippen molar-refractivity contribution in [3.63, 3.8) is 0 Å². The fraction of sp³-hybridized carbons (Fsp3) is 0.143. The lowest BCUT2D eigenvalue weighted by atomic mass is 10.2. The fourth-order valence-corrected chi connectivity index (χ4v) is 3.12. The fourth-order valence-electron chi connectivity index (χ4n) is 1.96. The minimum Gasteiger partial charge on any atom is -0.395 e. The van der Waals surface area contributed by atoms with Gasteiger partial charge >= 0.3 is 0 Å². The summed E-state index contributed by atoms with van der Waals surface area (Å²) in [6.07, 6.45) is 0. The van der Waals surface area contributed by atoms with E-state index in [4.69, 9.17) is 5.11 Å². The molecule has 2 aromatic carbocycles. The van der Waals surface area contributed by atoms with Gasteiger partial charge in [0.15, 0.2) is 0 Å². The van der Waals surface area contributed by atoms with Crippen molar-refractivity contribution >= 4 is 27.1 Å². The van der Waals surface area contributed by atoms with Crippen molar-refractivity contribution in [2.75, 3.05) is 23.2 Å². The Kier molecular flexibility index (Phi) is 5.49. The maximum absolute atomic E-state index is 13.7. The predicted octanol–water partition coefficient (Wildman–Crippen LogP) is 2.08. The van der Waals surface area contributed by atoms with Crippen LogP contribution in [0.15, 0.2) is 41.3 Å². The monoisotopic (exact) mass is 373 g/mol. The molecule has 0 aliphatic heterocycles. The summed E-state index contributed by atoms with van der Waals surface area (Å²) in [6.45, 7) is -0.234. The lowest BCUT2D eigenvalue weighted by molar-refractivity contribution is -0.384. The molecule has 11 heteroatoms. The number of anilines is 2. The summed E-state index contributed by atoms with van der Waals surface area (Å²) in [5, 5.41) is 22.4. The summed E-state index contributed by atoms with van der Waals surface area (Å²) in [6, 6.07) is 5.19. The number of hydrogen-bond donors (Lipinski definition) is 3. The molecule has 0 amide bonds. The molecule has 2 aromatic rings. The Morgan fingerprint density at radius 2 is 1.84 bits per heavy atom. The molecule has 0 bridgehead atoms. The van der Waals surface area contributed by atoms with Gasteiger partial charge in [-0.05, 0) is 24.3 Å². The highest BCUT2D eigenvalue weighted by atomic mass is 32.2. The van der Waals surface area contributed by atoms with Crippen LogP contribution >= 0.6 is 0 Å². The van der Waals surface area contributed by atoms with Gasteiger partial charge in [0.05, 0.1) is 22.9 Å². The molecule has 25 heavy (non-hydrogen) atoms. The van der Waals surface area contributed by atoms with E-state index in [1.807, 2.05) is 4.72 Å². The van der Waals surface area contributed by atoms with E-state index in [1.54, 1.807) is 0 Å². The molecular weight excluding hydrogens is 360 g/mol. The van der Waals surface area contributed by atoms with Crippen LogP contribution in [0.3, 0.4) is 0 Å². The van der Waals surface area contributed by atoms with Crippen molar-refractivity contribution in [3.8, 4) is 0 Å². The largest absolute Gasteiger partial charge is 0.395 e. The zero-order valence-corrected chi connectivity index (χ0v) is 13.4. The lowest BCUT2D eigenvalue weighted by Gasteiger charge is -2.14. The topological polar surface area (TPSA) is 122 Å². The minimum atomic E-state index is -4.55. The minimum absolute atomic E-state index is 0.0425. The molecule has 0 spiro atoms. The summed E-state index contributed by atoms with van der Waals surface area (Å²) in [5.74, 6) is -2.14. The number of nitrogens with one attached hydrogen (secondary N) is 2. The highest BCUT2D eigenvalue weighted by molar-refractivity contribution is 7.92. The lowest BCUT2D eigenvalue weighted by Crippen LogP contribution is -2.17. The van der Waals surface area contributed by atoms with Crippen molar-refractivity contribution in [1.82, 2.24) is 0 Å². The van der Waals surface area contributed by atoms with Crippen LogP contribution in [0.4, 0.5) is 25.8 Å². The number of aliphatic hydroxyl groups excluding tert-OH is 1. The average Bonchev–Trinajstić information content (AvgIpc) is 2.55. The number of nitro benzene ring substituents is 1. The first-order valence-corrected chi connectivity index (χ1v) is 8.34. The van der Waals surface area contributed by atoms with Gasteiger partial charge in [0, 0.05) is 18.7 Å². The van der Waals surface area contributed by atoms with Crippen LogP contribution in [-0.2, 0) is 10.0 Å². The number of sulfonamides is 1. The number of aliphatic hydroxyl groups is 1. The molecule has 0 saturated heterocycles. The van der Waals surface area contributed by atoms with Crippen LogP contribution in [0.25, 0.3) is 0 Å². The number of rotatable bonds is 7. The SMILES string of the molecule is O=[N+]([O-])c1ccc(NCCO)c(NS(=O)(=O)c2cc(F)ccc2F)c1. The maximum atomic E-state index is 13.7. The quantitative estimate of drug-likeness (QED) is 0.505. The van der Waals surface area contributed by atoms with E-state index < -0.39 is 37.2 Å². The Balaban J connectivity index is 2.47. The number of benzene rings is 2. The summed E-state index contributed by atoms with van der Waals surface area (Å²) in [4.78, 5) is 9.19. The summed E-state index contributed by atoms with van der Waals surface area (Å²) >= 11 is 0. The molecule has 3 N–H and O–H groups in total. The number of non-ortho nitro benzene ring substituents is 1. The Labute approximate surface area is 141 Å². The van der Waals surface area contributed by atoms with E-state index in [9.17, 15) is 27.3 Å². The predicted molar refractivity (Wildman–Crippen MR) is 85.8 cm³/mol. The van der Waals surface area contributed by atoms with Crippen molar-refractivity contribution in [2.45, 2.75) is 4.90 Å². The Hall–Kier alpha value is -2.79. The maximum Gasteiger partial charge on any atom is 0.271 e. The standard InChI is InChI=1S/C14H13F2N3O5S/c15-9-1-3-11(16)14(7-9)25(23,24)18-13-8-10(19(21)22)2-4-12(13)17-5-6-20/h1-4,7-8,17-18,20H,5-6H2. The van der Waals surface area contributed by atoms with Crippen LogP contribution in [0.2, 0.25) is 0 Å². The Morgan fingerprint density at radius 3 is 2.48 bits per heavy atom. The van der Waals surface area contributed by atoms with Crippen molar-refractivity contribution < 1.29 is 27.2 Å². The van der Waals surface area contributed by atoms with Gasteiger partial charge in [-0.1, -0.05) is 0 Å². The van der Waals surface area contributed by atoms with Crippen LogP contribution in [0.1, 0.15) is 0 Å². The molecule has 0 atom stereocenters. The smallest absolute Gasteiger partial charge is 0.271 e. The third-order valence-corrected chi connectivity index (χ3v) is 4.45. The average molecular weight is 373 g/mol. The van der Waals surface area contributed by atoms with E-state index in [2.05, 4.69) is 5.32 Å². The second kappa shape index (κ2) is 7.40. The van der Waals surface area contributed by atoms with Crippen molar-refractivity contribution in [2.24, 2.45) is 0 Å². The second-order valence-electron chi connectivity index (χ2n) is 4.82. The summed E-state index contributed by atoms with van der Waals surface area (Å²) in [7, 11) is -4.55. The highest BCUT2D eigenvalue weighted by Crippen LogP contribution is 2.29. The molecule has 0 unspecified atom stereocenters. The first-order valence-electron chi connectivity index (χ1n) is 6.85. The first-order chi connectivity index (χ1) is 11.7. The summed E-state index contributed by atoms with van der Waals surface area (Å²) in [5.41, 5.74) is -0.529. The Morgan fingerprint density at radius 1 is 1.12 bits per heavy atom. The molecule has 0 radical (unpaired) electrons. The van der Waals surface area contributed by atoms with E-state index in [1.165, 1.54) is 6.07 Å². The third-order valence-electron chi connectivity index (χ3n) is 3.07. The first kappa shape index (κ1) is 18.5. The van der Waals surface area contributed by atoms with Gasteiger partial charge in [0.1, 0.15) is 16.5 Å². The molecule has 134 valence electrons. The number of hydrogen-bond acceptors (Lipinski definition) is 6. The summed E-state index contributed by atoms with van der Waals surface area (Å²) < 4.78 is 53.6. The molecule has 0 fully saturated rings. The van der Waals surface area contributed by atoms with E-state index in [-0.39, 0.29) is 24.5 Å². The van der Waals surface area contributed by atoms with E-state index in [0.717, 1.165) is 18.2 Å². The van der Waals surface area contributed by atoms with Gasteiger partial charge in [-0.2, -0.15) is 0 Å². The molecule has 0 aliphatic carbocycles. The molecule has 0 aliphatic rings. The van der Waals surface area contributed by atoms with Crippen LogP contribution in [0, 0.1) is 21.7 Å². The molecular formula is C14H13F2N3O5S. The van der Waals surface area contributed by atoms with Gasteiger partial charge in [-0.3, -0.25) is 14.8 Å². The molecule has 0 aromatic heterocycles. The normalized spacial score (nSPS) is 11.2. The Bertz CT molecular complexity index is 905. The van der Waals surface area contributed by atoms with Crippen LogP contribution in [0.5, 0.6) is 0 Å². The van der Waals surface area contributed by atoms with Crippen molar-refractivity contribution in [1.29, 1.82) is 0 Å². The van der Waals surface area contributed by atoms with E-state index >= 15 is 0 Å². The highest BCUT2D eigenvalue weighted by Gasteiger charge is 2.22. The van der Waals surface area contributed by atoms with Crippen LogP contribution < -0.4 is 10.0 Å². The molecule has 0 heterocycles. The van der Waals surface area contributed by atoms with Gasteiger partial charge in [-0.25, -0.2) is 17.2 Å². The zero-order chi connectivity index (χ0) is 18.6. The molecule has 8 nitrogen and oxygen atoms in total. The number of nitrogens with zero attached hydrogens (tertiary/aromatic N) is 1. The zero-order valence-electron chi connectivity index (χ0n) is 12.6. The van der Waals surface area contributed by atoms with Gasteiger partial charge in [-0.15, -0.1) is 0 Å². The molecule has 0 saturated carbocycles. The van der Waals surface area contributed by atoms with Gasteiger partial charge in [0.25, 0.3) is 15.7 Å². The third kappa shape index (κ3) is 4.39. The number of nitro groups is 1. The number of halogens is 2. The van der Waals surface area contributed by atoms with E-state index in [0.29, 0.717) is 12.1 Å². The van der Waals surface area contributed by atoms with Gasteiger partial charge in [0.2, 0.25) is 0 Å². The van der Waals surface area contributed by atoms with Crippen LogP contribution in [-0.4, -0.2) is 31.6 Å². The molecule has 2 rings (SSSR count). The second-order valence-corrected chi connectivity index (χ2v) is 6.47.